The molecule has 3 heterocycles. The van der Waals surface area contributed by atoms with Crippen molar-refractivity contribution in [1.29, 1.82) is 0 Å². The Morgan fingerprint density at radius 2 is 1.69 bits per heavy atom. The zero-order valence-corrected chi connectivity index (χ0v) is 9.13. The maximum absolute atomic E-state index is 4.45. The van der Waals surface area contributed by atoms with Gasteiger partial charge in [0.1, 0.15) is 5.52 Å². The number of anilines is 1. The van der Waals surface area contributed by atoms with Crippen LogP contribution in [0.25, 0.3) is 11.0 Å². The van der Waals surface area contributed by atoms with Gasteiger partial charge in [-0.3, -0.25) is 4.98 Å². The molecular weight excluding hydrogens is 200 g/mol. The van der Waals surface area contributed by atoms with Crippen molar-refractivity contribution in [3.05, 3.63) is 24.7 Å². The molecule has 16 heavy (non-hydrogen) atoms. The summed E-state index contributed by atoms with van der Waals surface area (Å²) in [4.78, 5) is 15.5. The highest BCUT2D eigenvalue weighted by Gasteiger charge is 2.15. The monoisotopic (exact) mass is 214 g/mol. The molecule has 82 valence electrons. The van der Waals surface area contributed by atoms with E-state index >= 15 is 0 Å². The van der Waals surface area contributed by atoms with Gasteiger partial charge in [-0.05, 0) is 25.3 Å². The lowest BCUT2D eigenvalue weighted by molar-refractivity contribution is 0.574. The molecule has 4 heteroatoms. The lowest BCUT2D eigenvalue weighted by atomic mass is 10.1. The van der Waals surface area contributed by atoms with Gasteiger partial charge in [0, 0.05) is 31.7 Å². The largest absolute Gasteiger partial charge is 0.355 e. The van der Waals surface area contributed by atoms with E-state index in [0.29, 0.717) is 0 Å². The number of pyridine rings is 1. The molecule has 2 aromatic heterocycles. The number of aromatic nitrogens is 3. The molecule has 0 bridgehead atoms. The molecule has 1 aliphatic heterocycles. The quantitative estimate of drug-likeness (QED) is 0.728. The molecule has 0 saturated carbocycles. The van der Waals surface area contributed by atoms with Crippen LogP contribution in [0.2, 0.25) is 0 Å². The first-order valence-electron chi connectivity index (χ1n) is 5.76. The van der Waals surface area contributed by atoms with E-state index in [0.717, 1.165) is 29.9 Å². The second-order valence-electron chi connectivity index (χ2n) is 4.11. The van der Waals surface area contributed by atoms with E-state index in [1.54, 1.807) is 12.4 Å². The molecular formula is C12H14N4. The Bertz CT molecular complexity index is 486. The molecule has 1 saturated heterocycles. The summed E-state index contributed by atoms with van der Waals surface area (Å²) in [6.07, 6.45) is 9.10. The van der Waals surface area contributed by atoms with Gasteiger partial charge in [-0.1, -0.05) is 0 Å². The number of fused-ring (bicyclic) bond motifs is 1. The molecule has 1 aliphatic rings. The molecule has 0 aliphatic carbocycles. The summed E-state index contributed by atoms with van der Waals surface area (Å²) in [7, 11) is 0. The van der Waals surface area contributed by atoms with Crippen LogP contribution in [0.5, 0.6) is 0 Å². The third-order valence-electron chi connectivity index (χ3n) is 3.02. The van der Waals surface area contributed by atoms with E-state index in [9.17, 15) is 0 Å². The maximum atomic E-state index is 4.45. The Balaban J connectivity index is 2.08. The Morgan fingerprint density at radius 1 is 0.875 bits per heavy atom. The molecule has 0 amide bonds. The maximum Gasteiger partial charge on any atom is 0.156 e. The van der Waals surface area contributed by atoms with Crippen molar-refractivity contribution in [3.63, 3.8) is 0 Å². The molecule has 0 radical (unpaired) electrons. The van der Waals surface area contributed by atoms with E-state index < -0.39 is 0 Å². The standard InChI is InChI=1S/C12H14N4/c1-2-8-16(9-3-1)12-11-10(4-5-15-12)13-6-7-14-11/h4-7H,1-3,8-9H2. The van der Waals surface area contributed by atoms with Crippen LogP contribution in [0.1, 0.15) is 19.3 Å². The zero-order valence-electron chi connectivity index (χ0n) is 9.13. The van der Waals surface area contributed by atoms with E-state index in [1.165, 1.54) is 19.3 Å². The average molecular weight is 214 g/mol. The van der Waals surface area contributed by atoms with E-state index in [4.69, 9.17) is 0 Å². The van der Waals surface area contributed by atoms with Gasteiger partial charge in [0.25, 0.3) is 0 Å². The third kappa shape index (κ3) is 1.60. The summed E-state index contributed by atoms with van der Waals surface area (Å²) in [5.41, 5.74) is 1.85. The minimum absolute atomic E-state index is 0.923. The molecule has 2 aromatic rings. The van der Waals surface area contributed by atoms with Gasteiger partial charge in [0.05, 0.1) is 5.52 Å². The van der Waals surface area contributed by atoms with Gasteiger partial charge < -0.3 is 4.90 Å². The fraction of sp³-hybridized carbons (Fsp3) is 0.417. The molecule has 4 nitrogen and oxygen atoms in total. The minimum Gasteiger partial charge on any atom is -0.355 e. The summed E-state index contributed by atoms with van der Waals surface area (Å²) in [5, 5.41) is 0. The fourth-order valence-electron chi connectivity index (χ4n) is 2.22. The Labute approximate surface area is 94.4 Å². The first-order chi connectivity index (χ1) is 7.95. The molecule has 0 atom stereocenters. The topological polar surface area (TPSA) is 41.9 Å². The van der Waals surface area contributed by atoms with Crippen molar-refractivity contribution < 1.29 is 0 Å². The summed E-state index contributed by atoms with van der Waals surface area (Å²) >= 11 is 0. The predicted molar refractivity (Wildman–Crippen MR) is 63.4 cm³/mol. The van der Waals surface area contributed by atoms with Gasteiger partial charge in [-0.2, -0.15) is 0 Å². The van der Waals surface area contributed by atoms with Crippen molar-refractivity contribution in [2.45, 2.75) is 19.3 Å². The summed E-state index contributed by atoms with van der Waals surface area (Å²) in [5.74, 6) is 0.991. The molecule has 0 N–H and O–H groups in total. The van der Waals surface area contributed by atoms with Crippen molar-refractivity contribution in [2.75, 3.05) is 18.0 Å². The van der Waals surface area contributed by atoms with Crippen LogP contribution in [0.4, 0.5) is 5.82 Å². The van der Waals surface area contributed by atoms with Crippen LogP contribution in [-0.4, -0.2) is 28.0 Å². The van der Waals surface area contributed by atoms with E-state index in [1.807, 2.05) is 12.3 Å². The van der Waals surface area contributed by atoms with Crippen molar-refractivity contribution in [2.24, 2.45) is 0 Å². The van der Waals surface area contributed by atoms with Crippen LogP contribution >= 0.6 is 0 Å². The van der Waals surface area contributed by atoms with Crippen molar-refractivity contribution >= 4 is 16.9 Å². The van der Waals surface area contributed by atoms with Crippen LogP contribution in [0.3, 0.4) is 0 Å². The van der Waals surface area contributed by atoms with Gasteiger partial charge in [0.15, 0.2) is 5.82 Å². The highest BCUT2D eigenvalue weighted by atomic mass is 15.2. The second kappa shape index (κ2) is 4.04. The van der Waals surface area contributed by atoms with Gasteiger partial charge in [0.2, 0.25) is 0 Å². The third-order valence-corrected chi connectivity index (χ3v) is 3.02. The number of hydrogen-bond acceptors (Lipinski definition) is 4. The van der Waals surface area contributed by atoms with Crippen LogP contribution in [0, 0.1) is 0 Å². The van der Waals surface area contributed by atoms with E-state index in [-0.39, 0.29) is 0 Å². The molecule has 1 fully saturated rings. The summed E-state index contributed by atoms with van der Waals surface area (Å²) in [6.45, 7) is 2.17. The molecule has 0 spiro atoms. The molecule has 0 aromatic carbocycles. The lowest BCUT2D eigenvalue weighted by Gasteiger charge is -2.27. The smallest absolute Gasteiger partial charge is 0.156 e. The van der Waals surface area contributed by atoms with E-state index in [2.05, 4.69) is 19.9 Å². The first kappa shape index (κ1) is 9.51. The van der Waals surface area contributed by atoms with Crippen LogP contribution in [-0.2, 0) is 0 Å². The van der Waals surface area contributed by atoms with Crippen molar-refractivity contribution in [3.8, 4) is 0 Å². The van der Waals surface area contributed by atoms with Crippen molar-refractivity contribution in [1.82, 2.24) is 15.0 Å². The van der Waals surface area contributed by atoms with Gasteiger partial charge in [-0.15, -0.1) is 0 Å². The van der Waals surface area contributed by atoms with Crippen LogP contribution in [0.15, 0.2) is 24.7 Å². The Hall–Kier alpha value is -1.71. The number of hydrogen-bond donors (Lipinski definition) is 0. The fourth-order valence-corrected chi connectivity index (χ4v) is 2.22. The number of piperidine rings is 1. The highest BCUT2D eigenvalue weighted by molar-refractivity contribution is 5.85. The van der Waals surface area contributed by atoms with Gasteiger partial charge >= 0.3 is 0 Å². The second-order valence-corrected chi connectivity index (χ2v) is 4.11. The predicted octanol–water partition coefficient (Wildman–Crippen LogP) is 2.02. The highest BCUT2D eigenvalue weighted by Crippen LogP contribution is 2.23. The Morgan fingerprint density at radius 3 is 2.56 bits per heavy atom. The van der Waals surface area contributed by atoms with Gasteiger partial charge in [-0.25, -0.2) is 9.97 Å². The normalized spacial score (nSPS) is 16.6. The average Bonchev–Trinajstić information content (AvgIpc) is 2.39. The minimum atomic E-state index is 0.923. The Kier molecular flexibility index (Phi) is 2.40. The molecule has 0 unspecified atom stereocenters. The van der Waals surface area contributed by atoms with Crippen LogP contribution < -0.4 is 4.90 Å². The zero-order chi connectivity index (χ0) is 10.8. The number of nitrogens with zero attached hydrogens (tertiary/aromatic N) is 4. The lowest BCUT2D eigenvalue weighted by Crippen LogP contribution is -2.30. The molecule has 3 rings (SSSR count). The summed E-state index contributed by atoms with van der Waals surface area (Å²) in [6, 6.07) is 1.91. The SMILES string of the molecule is c1cc2nccnc2c(N2CCCCC2)n1. The number of rotatable bonds is 1. The first-order valence-corrected chi connectivity index (χ1v) is 5.76. The summed E-state index contributed by atoms with van der Waals surface area (Å²) < 4.78 is 0.